The van der Waals surface area contributed by atoms with Crippen LogP contribution in [0.15, 0.2) is 41.3 Å². The molecule has 0 fully saturated rings. The molecular weight excluding hydrogens is 349 g/mol. The first kappa shape index (κ1) is 19.3. The summed E-state index contributed by atoms with van der Waals surface area (Å²) in [6.07, 6.45) is 2.00. The van der Waals surface area contributed by atoms with Gasteiger partial charge in [-0.05, 0) is 37.4 Å². The monoisotopic (exact) mass is 369 g/mol. The number of rotatable bonds is 6. The topological polar surface area (TPSA) is 33.5 Å². The highest BCUT2D eigenvalue weighted by molar-refractivity contribution is 7.98. The molecule has 2 N–H and O–H groups in total. The number of carbonyl (C=O) groups is 1. The van der Waals surface area contributed by atoms with Crippen molar-refractivity contribution < 1.29 is 22.9 Å². The highest BCUT2D eigenvalue weighted by atomic mass is 32.2. The lowest BCUT2D eigenvalue weighted by Crippen LogP contribution is -3.12. The van der Waals surface area contributed by atoms with E-state index in [4.69, 9.17) is 0 Å². The molecule has 134 valence electrons. The van der Waals surface area contributed by atoms with Crippen molar-refractivity contribution >= 4 is 23.4 Å². The van der Waals surface area contributed by atoms with Crippen molar-refractivity contribution in [2.24, 2.45) is 0 Å². The number of halogens is 3. The van der Waals surface area contributed by atoms with E-state index in [0.29, 0.717) is 6.54 Å². The average molecular weight is 369 g/mol. The van der Waals surface area contributed by atoms with Crippen LogP contribution in [0.4, 0.5) is 18.9 Å². The van der Waals surface area contributed by atoms with E-state index in [1.807, 2.05) is 37.6 Å². The van der Waals surface area contributed by atoms with Crippen LogP contribution >= 0.6 is 11.8 Å². The van der Waals surface area contributed by atoms with Crippen LogP contribution in [0.1, 0.15) is 12.5 Å². The molecule has 0 saturated heterocycles. The SMILES string of the molecule is CSc1ccc(C[NH+](C)[C@@H](C)C(=O)Nc2ccc(F)c(F)c2F)cc1. The summed E-state index contributed by atoms with van der Waals surface area (Å²) in [4.78, 5) is 14.3. The highest BCUT2D eigenvalue weighted by Gasteiger charge is 2.24. The molecule has 0 spiro atoms. The van der Waals surface area contributed by atoms with Gasteiger partial charge in [0.1, 0.15) is 6.54 Å². The number of likely N-dealkylation sites (N-methyl/N-ethyl adjacent to an activating group) is 1. The van der Waals surface area contributed by atoms with Gasteiger partial charge in [-0.15, -0.1) is 11.8 Å². The number of benzene rings is 2. The van der Waals surface area contributed by atoms with Gasteiger partial charge in [0.05, 0.1) is 12.7 Å². The van der Waals surface area contributed by atoms with E-state index in [-0.39, 0.29) is 5.69 Å². The standard InChI is InChI=1S/C18H19F3N2OS/c1-11(23(2)10-12-4-6-13(25-3)7-5-12)18(24)22-15-9-8-14(19)16(20)17(15)21/h4-9,11H,10H2,1-3H3,(H,22,24)/p+1/t11-/m0/s1. The lowest BCUT2D eigenvalue weighted by molar-refractivity contribution is -0.907. The zero-order valence-corrected chi connectivity index (χ0v) is 15.0. The van der Waals surface area contributed by atoms with E-state index in [9.17, 15) is 18.0 Å². The molecule has 0 aliphatic carbocycles. The second kappa shape index (κ2) is 8.40. The Hall–Kier alpha value is -1.99. The van der Waals surface area contributed by atoms with Gasteiger partial charge in [-0.1, -0.05) is 12.1 Å². The molecule has 25 heavy (non-hydrogen) atoms. The summed E-state index contributed by atoms with van der Waals surface area (Å²) >= 11 is 1.65. The van der Waals surface area contributed by atoms with Gasteiger partial charge in [0, 0.05) is 10.5 Å². The van der Waals surface area contributed by atoms with Gasteiger partial charge in [0.25, 0.3) is 5.91 Å². The lowest BCUT2D eigenvalue weighted by atomic mass is 10.2. The Labute approximate surface area is 149 Å². The number of carbonyl (C=O) groups excluding carboxylic acids is 1. The van der Waals surface area contributed by atoms with Gasteiger partial charge in [0.2, 0.25) is 0 Å². The second-order valence-electron chi connectivity index (χ2n) is 5.81. The summed E-state index contributed by atoms with van der Waals surface area (Å²) in [6, 6.07) is 9.29. The lowest BCUT2D eigenvalue weighted by Gasteiger charge is -2.21. The van der Waals surface area contributed by atoms with Gasteiger partial charge < -0.3 is 10.2 Å². The summed E-state index contributed by atoms with van der Waals surface area (Å²) in [6.45, 7) is 2.29. The van der Waals surface area contributed by atoms with Gasteiger partial charge in [-0.25, -0.2) is 13.2 Å². The van der Waals surface area contributed by atoms with E-state index in [2.05, 4.69) is 5.32 Å². The minimum absolute atomic E-state index is 0.368. The van der Waals surface area contributed by atoms with Crippen molar-refractivity contribution in [2.75, 3.05) is 18.6 Å². The van der Waals surface area contributed by atoms with Gasteiger partial charge >= 0.3 is 0 Å². The quantitative estimate of drug-likeness (QED) is 0.606. The Morgan fingerprint density at radius 2 is 1.76 bits per heavy atom. The van der Waals surface area contributed by atoms with Crippen molar-refractivity contribution in [3.8, 4) is 0 Å². The van der Waals surface area contributed by atoms with Crippen LogP contribution in [0.3, 0.4) is 0 Å². The molecule has 0 bridgehead atoms. The van der Waals surface area contributed by atoms with Crippen LogP contribution < -0.4 is 10.2 Å². The third-order valence-electron chi connectivity index (χ3n) is 4.07. The molecule has 0 aromatic heterocycles. The molecule has 1 amide bonds. The van der Waals surface area contributed by atoms with Crippen molar-refractivity contribution in [3.63, 3.8) is 0 Å². The fourth-order valence-electron chi connectivity index (χ4n) is 2.31. The third-order valence-corrected chi connectivity index (χ3v) is 4.81. The Kier molecular flexibility index (Phi) is 6.50. The normalized spacial score (nSPS) is 13.4. The first-order chi connectivity index (χ1) is 11.8. The largest absolute Gasteiger partial charge is 0.324 e. The molecule has 7 heteroatoms. The van der Waals surface area contributed by atoms with Crippen LogP contribution in [-0.2, 0) is 11.3 Å². The molecular formula is C18H20F3N2OS+. The summed E-state index contributed by atoms with van der Waals surface area (Å²) in [7, 11) is 1.84. The minimum atomic E-state index is -1.60. The van der Waals surface area contributed by atoms with Crippen LogP contribution in [-0.4, -0.2) is 25.3 Å². The predicted octanol–water partition coefficient (Wildman–Crippen LogP) is 2.87. The Balaban J connectivity index is 2.02. The summed E-state index contributed by atoms with van der Waals surface area (Å²) in [5, 5.41) is 2.32. The van der Waals surface area contributed by atoms with Crippen LogP contribution in [0, 0.1) is 17.5 Å². The zero-order valence-electron chi connectivity index (χ0n) is 14.2. The smallest absolute Gasteiger partial charge is 0.282 e. The predicted molar refractivity (Wildman–Crippen MR) is 93.2 cm³/mol. The number of hydrogen-bond donors (Lipinski definition) is 2. The minimum Gasteiger partial charge on any atom is -0.324 e. The zero-order chi connectivity index (χ0) is 18.6. The Morgan fingerprint density at radius 3 is 2.36 bits per heavy atom. The Morgan fingerprint density at radius 1 is 1.12 bits per heavy atom. The number of nitrogens with one attached hydrogen (secondary N) is 2. The molecule has 2 aromatic rings. The molecule has 0 radical (unpaired) electrons. The molecule has 2 atom stereocenters. The van der Waals surface area contributed by atoms with Crippen molar-refractivity contribution in [1.29, 1.82) is 0 Å². The fourth-order valence-corrected chi connectivity index (χ4v) is 2.71. The van der Waals surface area contributed by atoms with E-state index in [0.717, 1.165) is 27.5 Å². The van der Waals surface area contributed by atoms with Crippen molar-refractivity contribution in [1.82, 2.24) is 0 Å². The summed E-state index contributed by atoms with van der Waals surface area (Å²) in [5.74, 6) is -4.76. The molecule has 1 unspecified atom stereocenters. The van der Waals surface area contributed by atoms with Gasteiger partial charge in [-0.2, -0.15) is 0 Å². The van der Waals surface area contributed by atoms with E-state index < -0.39 is 29.4 Å². The molecule has 0 aliphatic rings. The highest BCUT2D eigenvalue weighted by Crippen LogP contribution is 2.19. The fraction of sp³-hybridized carbons (Fsp3) is 0.278. The molecule has 0 aliphatic heterocycles. The van der Waals surface area contributed by atoms with Gasteiger partial charge in [-0.3, -0.25) is 4.79 Å². The molecule has 3 nitrogen and oxygen atoms in total. The number of anilines is 1. The summed E-state index contributed by atoms with van der Waals surface area (Å²) < 4.78 is 39.9. The second-order valence-corrected chi connectivity index (χ2v) is 6.68. The first-order valence-electron chi connectivity index (χ1n) is 7.73. The van der Waals surface area contributed by atoms with Gasteiger partial charge in [0.15, 0.2) is 23.5 Å². The maximum absolute atomic E-state index is 13.7. The van der Waals surface area contributed by atoms with Crippen LogP contribution in [0.25, 0.3) is 0 Å². The first-order valence-corrected chi connectivity index (χ1v) is 8.95. The van der Waals surface area contributed by atoms with Crippen LogP contribution in [0.2, 0.25) is 0 Å². The maximum Gasteiger partial charge on any atom is 0.282 e. The maximum atomic E-state index is 13.7. The van der Waals surface area contributed by atoms with Crippen molar-refractivity contribution in [3.05, 3.63) is 59.4 Å². The number of hydrogen-bond acceptors (Lipinski definition) is 2. The van der Waals surface area contributed by atoms with Crippen LogP contribution in [0.5, 0.6) is 0 Å². The number of quaternary nitrogens is 1. The van der Waals surface area contributed by atoms with E-state index >= 15 is 0 Å². The van der Waals surface area contributed by atoms with E-state index in [1.165, 1.54) is 0 Å². The molecule has 2 rings (SSSR count). The molecule has 2 aromatic carbocycles. The molecule has 0 saturated carbocycles. The van der Waals surface area contributed by atoms with E-state index in [1.54, 1.807) is 18.7 Å². The Bertz CT molecular complexity index is 753. The number of amides is 1. The average Bonchev–Trinajstić information content (AvgIpc) is 2.62. The summed E-state index contributed by atoms with van der Waals surface area (Å²) in [5.41, 5.74) is 0.696. The van der Waals surface area contributed by atoms with Crippen molar-refractivity contribution in [2.45, 2.75) is 24.4 Å². The molecule has 0 heterocycles. The third kappa shape index (κ3) is 4.76. The number of thioether (sulfide) groups is 1.